The van der Waals surface area contributed by atoms with E-state index < -0.39 is 11.4 Å². The number of carboxylic acids is 1. The Morgan fingerprint density at radius 1 is 1.62 bits per heavy atom. The van der Waals surface area contributed by atoms with E-state index in [0.717, 1.165) is 0 Å². The van der Waals surface area contributed by atoms with Gasteiger partial charge in [-0.1, -0.05) is 6.92 Å². The monoisotopic (exact) mass is 285 g/mol. The number of nitrogens with zero attached hydrogens (tertiary/aromatic N) is 1. The maximum Gasteiger partial charge on any atom is 0.314 e. The lowest BCUT2D eigenvalue weighted by Gasteiger charge is -2.43. The maximum absolute atomic E-state index is 11.3. The summed E-state index contributed by atoms with van der Waals surface area (Å²) in [5.74, 6) is -0.509. The Morgan fingerprint density at radius 3 is 2.69 bits per heavy atom. The van der Waals surface area contributed by atoms with Crippen molar-refractivity contribution < 1.29 is 15.0 Å². The molecule has 0 bridgehead atoms. The van der Waals surface area contributed by atoms with E-state index in [2.05, 4.69) is 20.9 Å². The third-order valence-corrected chi connectivity index (χ3v) is 3.76. The second-order valence-electron chi connectivity index (χ2n) is 4.43. The Kier molecular flexibility index (Phi) is 2.66. The molecule has 0 saturated heterocycles. The van der Waals surface area contributed by atoms with E-state index in [-0.39, 0.29) is 5.88 Å². The Hall–Kier alpha value is -1.10. The van der Waals surface area contributed by atoms with E-state index in [4.69, 9.17) is 0 Å². The first kappa shape index (κ1) is 11.4. The van der Waals surface area contributed by atoms with Gasteiger partial charge in [-0.15, -0.1) is 0 Å². The van der Waals surface area contributed by atoms with Crippen molar-refractivity contribution in [2.45, 2.75) is 25.2 Å². The molecule has 2 N–H and O–H groups in total. The smallest absolute Gasteiger partial charge is 0.314 e. The van der Waals surface area contributed by atoms with Crippen LogP contribution in [0.5, 0.6) is 5.88 Å². The Bertz CT molecular complexity index is 441. The topological polar surface area (TPSA) is 70.4 Å². The number of rotatable bonds is 2. The SMILES string of the molecule is CC1CC(C(=O)O)(c2cnc(O)c(Br)c2)C1. The first-order valence-electron chi connectivity index (χ1n) is 5.04. The van der Waals surface area contributed by atoms with Crippen LogP contribution in [0.4, 0.5) is 0 Å². The molecule has 1 aliphatic rings. The molecule has 0 radical (unpaired) electrons. The zero-order valence-corrected chi connectivity index (χ0v) is 10.4. The number of hydrogen-bond donors (Lipinski definition) is 2. The molecule has 5 heteroatoms. The fourth-order valence-corrected chi connectivity index (χ4v) is 2.71. The molecule has 2 rings (SSSR count). The van der Waals surface area contributed by atoms with Crippen LogP contribution in [-0.4, -0.2) is 21.2 Å². The van der Waals surface area contributed by atoms with Gasteiger partial charge in [-0.3, -0.25) is 4.79 Å². The quantitative estimate of drug-likeness (QED) is 0.875. The lowest BCUT2D eigenvalue weighted by molar-refractivity contribution is -0.149. The maximum atomic E-state index is 11.3. The van der Waals surface area contributed by atoms with Crippen LogP contribution in [0.3, 0.4) is 0 Å². The fourth-order valence-electron chi connectivity index (χ4n) is 2.36. The van der Waals surface area contributed by atoms with Gasteiger partial charge in [0, 0.05) is 6.20 Å². The number of carboxylic acid groups (broad SMARTS) is 1. The van der Waals surface area contributed by atoms with Crippen molar-refractivity contribution in [3.8, 4) is 5.88 Å². The van der Waals surface area contributed by atoms with Gasteiger partial charge in [0.15, 0.2) is 0 Å². The molecule has 0 spiro atoms. The minimum absolute atomic E-state index is 0.114. The van der Waals surface area contributed by atoms with Crippen molar-refractivity contribution in [3.05, 3.63) is 22.3 Å². The van der Waals surface area contributed by atoms with Crippen molar-refractivity contribution in [2.75, 3.05) is 0 Å². The number of halogens is 1. The summed E-state index contributed by atoms with van der Waals surface area (Å²) in [4.78, 5) is 15.1. The second kappa shape index (κ2) is 3.73. The number of hydrogen-bond acceptors (Lipinski definition) is 3. The predicted molar refractivity (Wildman–Crippen MR) is 61.3 cm³/mol. The van der Waals surface area contributed by atoms with E-state index >= 15 is 0 Å². The molecule has 0 aliphatic heterocycles. The van der Waals surface area contributed by atoms with E-state index in [9.17, 15) is 15.0 Å². The van der Waals surface area contributed by atoms with Crippen LogP contribution in [-0.2, 0) is 10.2 Å². The van der Waals surface area contributed by atoms with Gasteiger partial charge in [0.25, 0.3) is 0 Å². The molecule has 1 aromatic heterocycles. The molecule has 0 amide bonds. The van der Waals surface area contributed by atoms with Gasteiger partial charge in [-0.25, -0.2) is 4.98 Å². The highest BCUT2D eigenvalue weighted by molar-refractivity contribution is 9.10. The zero-order chi connectivity index (χ0) is 11.9. The van der Waals surface area contributed by atoms with E-state index in [0.29, 0.717) is 28.8 Å². The molecule has 4 nitrogen and oxygen atoms in total. The summed E-state index contributed by atoms with van der Waals surface area (Å²) in [6, 6.07) is 1.64. The summed E-state index contributed by atoms with van der Waals surface area (Å²) in [5, 5.41) is 18.6. The molecule has 0 atom stereocenters. The third-order valence-electron chi connectivity index (χ3n) is 3.18. The Balaban J connectivity index is 2.41. The van der Waals surface area contributed by atoms with Crippen molar-refractivity contribution in [1.82, 2.24) is 4.98 Å². The molecule has 0 unspecified atom stereocenters. The van der Waals surface area contributed by atoms with Crippen molar-refractivity contribution >= 4 is 21.9 Å². The first-order chi connectivity index (χ1) is 7.45. The minimum atomic E-state index is -0.817. The third kappa shape index (κ3) is 1.59. The van der Waals surface area contributed by atoms with Crippen molar-refractivity contribution in [2.24, 2.45) is 5.92 Å². The standard InChI is InChI=1S/C11H12BrNO3/c1-6-3-11(4-6,10(15)16)7-2-8(12)9(14)13-5-7/h2,5-6H,3-4H2,1H3,(H,13,14)(H,15,16). The molecule has 16 heavy (non-hydrogen) atoms. The van der Waals surface area contributed by atoms with Gasteiger partial charge in [0.1, 0.15) is 0 Å². The molecular weight excluding hydrogens is 274 g/mol. The molecule has 0 aromatic carbocycles. The first-order valence-corrected chi connectivity index (χ1v) is 5.83. The van der Waals surface area contributed by atoms with Crippen LogP contribution in [0.25, 0.3) is 0 Å². The van der Waals surface area contributed by atoms with Gasteiger partial charge in [0.2, 0.25) is 5.88 Å². The number of carbonyl (C=O) groups is 1. The van der Waals surface area contributed by atoms with Crippen LogP contribution < -0.4 is 0 Å². The van der Waals surface area contributed by atoms with Crippen LogP contribution in [0.2, 0.25) is 0 Å². The molecular formula is C11H12BrNO3. The molecule has 86 valence electrons. The van der Waals surface area contributed by atoms with Gasteiger partial charge < -0.3 is 10.2 Å². The highest BCUT2D eigenvalue weighted by Gasteiger charge is 2.50. The number of aromatic hydroxyl groups is 1. The van der Waals surface area contributed by atoms with Gasteiger partial charge in [0.05, 0.1) is 9.89 Å². The zero-order valence-electron chi connectivity index (χ0n) is 8.77. The number of aliphatic carboxylic acids is 1. The molecule has 1 fully saturated rings. The summed E-state index contributed by atoms with van der Waals surface area (Å²) in [7, 11) is 0. The average Bonchev–Trinajstić information content (AvgIpc) is 2.17. The summed E-state index contributed by atoms with van der Waals surface area (Å²) in [6.07, 6.45) is 2.70. The van der Waals surface area contributed by atoms with Gasteiger partial charge in [-0.05, 0) is 46.3 Å². The average molecular weight is 286 g/mol. The van der Waals surface area contributed by atoms with Crippen LogP contribution in [0.15, 0.2) is 16.7 Å². The van der Waals surface area contributed by atoms with Crippen molar-refractivity contribution in [3.63, 3.8) is 0 Å². The van der Waals surface area contributed by atoms with Crippen molar-refractivity contribution in [1.29, 1.82) is 0 Å². The minimum Gasteiger partial charge on any atom is -0.492 e. The largest absolute Gasteiger partial charge is 0.492 e. The van der Waals surface area contributed by atoms with Crippen LogP contribution >= 0.6 is 15.9 Å². The summed E-state index contributed by atoms with van der Waals surface area (Å²) in [5.41, 5.74) is -0.161. The lowest BCUT2D eigenvalue weighted by Crippen LogP contribution is -2.47. The number of aromatic nitrogens is 1. The fraction of sp³-hybridized carbons (Fsp3) is 0.455. The van der Waals surface area contributed by atoms with E-state index in [1.165, 1.54) is 6.20 Å². The predicted octanol–water partition coefficient (Wildman–Crippen LogP) is 2.30. The van der Waals surface area contributed by atoms with Crippen LogP contribution in [0.1, 0.15) is 25.3 Å². The van der Waals surface area contributed by atoms with E-state index in [1.54, 1.807) is 6.07 Å². The highest BCUT2D eigenvalue weighted by Crippen LogP contribution is 2.48. The molecule has 1 aromatic rings. The lowest BCUT2D eigenvalue weighted by atomic mass is 9.59. The summed E-state index contributed by atoms with van der Waals surface area (Å²) < 4.78 is 0.435. The number of pyridine rings is 1. The summed E-state index contributed by atoms with van der Waals surface area (Å²) >= 11 is 3.15. The Morgan fingerprint density at radius 2 is 2.25 bits per heavy atom. The van der Waals surface area contributed by atoms with E-state index in [1.807, 2.05) is 6.92 Å². The van der Waals surface area contributed by atoms with Gasteiger partial charge in [-0.2, -0.15) is 0 Å². The summed E-state index contributed by atoms with van der Waals surface area (Å²) in [6.45, 7) is 2.03. The molecule has 1 aliphatic carbocycles. The highest BCUT2D eigenvalue weighted by atomic mass is 79.9. The Labute approximate surface area is 101 Å². The second-order valence-corrected chi connectivity index (χ2v) is 5.28. The normalized spacial score (nSPS) is 28.5. The molecule has 1 saturated carbocycles. The molecule has 1 heterocycles. The van der Waals surface area contributed by atoms with Crippen LogP contribution in [0, 0.1) is 5.92 Å². The van der Waals surface area contributed by atoms with Gasteiger partial charge >= 0.3 is 5.97 Å².